The maximum Gasteiger partial charge on any atom is 0.309 e. The second-order valence-corrected chi connectivity index (χ2v) is 5.93. The van der Waals surface area contributed by atoms with Gasteiger partial charge in [0.2, 0.25) is 0 Å². The average molecular weight is 304 g/mol. The number of nitrogens with zero attached hydrogens (tertiary/aromatic N) is 1. The van der Waals surface area contributed by atoms with E-state index >= 15 is 0 Å². The molecular weight excluding hydrogens is 280 g/mol. The predicted molar refractivity (Wildman–Crippen MR) is 85.5 cm³/mol. The van der Waals surface area contributed by atoms with Crippen molar-refractivity contribution in [3.05, 3.63) is 29.8 Å². The van der Waals surface area contributed by atoms with Gasteiger partial charge in [-0.2, -0.15) is 0 Å². The van der Waals surface area contributed by atoms with Crippen LogP contribution in [-0.4, -0.2) is 32.6 Å². The van der Waals surface area contributed by atoms with Gasteiger partial charge in [0.05, 0.1) is 5.92 Å². The van der Waals surface area contributed by atoms with Gasteiger partial charge in [0.25, 0.3) is 5.91 Å². The lowest BCUT2D eigenvalue weighted by molar-refractivity contribution is -0.152. The van der Waals surface area contributed by atoms with Crippen LogP contribution in [0.25, 0.3) is 0 Å². The fourth-order valence-corrected chi connectivity index (χ4v) is 2.58. The molecule has 1 aromatic carbocycles. The van der Waals surface area contributed by atoms with Gasteiger partial charge in [-0.25, -0.2) is 0 Å². The molecule has 2 rings (SSSR count). The van der Waals surface area contributed by atoms with Gasteiger partial charge in [-0.1, -0.05) is 25.0 Å². The standard InChI is InChI=1S/C17H24N2O3/c1-19(2)15-9-7-13(8-10-15)11-18-16(20)12-22-17(21)14-5-3-4-6-14/h7-10,14H,3-6,11-12H2,1-2H3,(H,18,20). The van der Waals surface area contributed by atoms with Crippen LogP contribution >= 0.6 is 0 Å². The van der Waals surface area contributed by atoms with Crippen LogP contribution in [0, 0.1) is 5.92 Å². The number of carbonyl (C=O) groups excluding carboxylic acids is 2. The van der Waals surface area contributed by atoms with E-state index in [0.29, 0.717) is 6.54 Å². The second-order valence-electron chi connectivity index (χ2n) is 5.93. The third kappa shape index (κ3) is 4.76. The van der Waals surface area contributed by atoms with E-state index in [1.807, 2.05) is 43.3 Å². The number of nitrogens with one attached hydrogen (secondary N) is 1. The van der Waals surface area contributed by atoms with Crippen molar-refractivity contribution in [3.63, 3.8) is 0 Å². The minimum atomic E-state index is -0.261. The van der Waals surface area contributed by atoms with E-state index in [-0.39, 0.29) is 24.4 Å². The number of amides is 1. The molecule has 1 aliphatic carbocycles. The SMILES string of the molecule is CN(C)c1ccc(CNC(=O)COC(=O)C2CCCC2)cc1. The van der Waals surface area contributed by atoms with Crippen LogP contribution in [0.2, 0.25) is 0 Å². The van der Waals surface area contributed by atoms with Crippen LogP contribution < -0.4 is 10.2 Å². The van der Waals surface area contributed by atoms with Gasteiger partial charge in [0, 0.05) is 26.3 Å². The lowest BCUT2D eigenvalue weighted by Gasteiger charge is -2.13. The zero-order valence-corrected chi connectivity index (χ0v) is 13.3. The summed E-state index contributed by atoms with van der Waals surface area (Å²) in [4.78, 5) is 25.5. The Bertz CT molecular complexity index is 505. The van der Waals surface area contributed by atoms with E-state index in [4.69, 9.17) is 4.74 Å². The topological polar surface area (TPSA) is 58.6 Å². The molecule has 5 heteroatoms. The van der Waals surface area contributed by atoms with Gasteiger partial charge >= 0.3 is 5.97 Å². The first-order valence-electron chi connectivity index (χ1n) is 7.76. The van der Waals surface area contributed by atoms with Crippen molar-refractivity contribution in [2.45, 2.75) is 32.2 Å². The van der Waals surface area contributed by atoms with Crippen LogP contribution in [0.15, 0.2) is 24.3 Å². The second kappa shape index (κ2) is 7.82. The Labute approximate surface area is 131 Å². The molecule has 0 aliphatic heterocycles. The molecule has 1 saturated carbocycles. The first kappa shape index (κ1) is 16.3. The Morgan fingerprint density at radius 2 is 1.82 bits per heavy atom. The molecule has 0 radical (unpaired) electrons. The minimum Gasteiger partial charge on any atom is -0.455 e. The van der Waals surface area contributed by atoms with Gasteiger partial charge < -0.3 is 15.0 Å². The summed E-state index contributed by atoms with van der Waals surface area (Å²) in [5.74, 6) is -0.502. The van der Waals surface area contributed by atoms with E-state index in [1.54, 1.807) is 0 Å². The monoisotopic (exact) mass is 304 g/mol. The zero-order chi connectivity index (χ0) is 15.9. The summed E-state index contributed by atoms with van der Waals surface area (Å²) in [6.45, 7) is 0.249. The molecule has 1 N–H and O–H groups in total. The summed E-state index contributed by atoms with van der Waals surface area (Å²) < 4.78 is 5.07. The molecule has 5 nitrogen and oxygen atoms in total. The molecule has 0 heterocycles. The van der Waals surface area contributed by atoms with Crippen molar-refractivity contribution in [2.24, 2.45) is 5.92 Å². The number of rotatable bonds is 6. The van der Waals surface area contributed by atoms with Crippen molar-refractivity contribution >= 4 is 17.6 Å². The molecule has 0 saturated heterocycles. The maximum absolute atomic E-state index is 11.7. The van der Waals surface area contributed by atoms with Gasteiger partial charge in [0.1, 0.15) is 0 Å². The average Bonchev–Trinajstić information content (AvgIpc) is 3.05. The molecular formula is C17H24N2O3. The van der Waals surface area contributed by atoms with Crippen LogP contribution in [0.5, 0.6) is 0 Å². The molecule has 22 heavy (non-hydrogen) atoms. The number of benzene rings is 1. The van der Waals surface area contributed by atoms with Crippen molar-refractivity contribution in [1.29, 1.82) is 0 Å². The van der Waals surface area contributed by atoms with Crippen molar-refractivity contribution < 1.29 is 14.3 Å². The Hall–Kier alpha value is -2.04. The number of esters is 1. The highest BCUT2D eigenvalue weighted by Gasteiger charge is 2.24. The lowest BCUT2D eigenvalue weighted by Crippen LogP contribution is -2.29. The van der Waals surface area contributed by atoms with Gasteiger partial charge in [0.15, 0.2) is 6.61 Å². The summed E-state index contributed by atoms with van der Waals surface area (Å²) in [5, 5.41) is 2.76. The first-order chi connectivity index (χ1) is 10.6. The van der Waals surface area contributed by atoms with Gasteiger partial charge in [-0.05, 0) is 30.5 Å². The van der Waals surface area contributed by atoms with Crippen LogP contribution in [0.3, 0.4) is 0 Å². The number of hydrogen-bond acceptors (Lipinski definition) is 4. The van der Waals surface area contributed by atoms with Crippen LogP contribution in [0.1, 0.15) is 31.2 Å². The van der Waals surface area contributed by atoms with E-state index in [0.717, 1.165) is 36.9 Å². The van der Waals surface area contributed by atoms with Crippen molar-refractivity contribution in [3.8, 4) is 0 Å². The number of carbonyl (C=O) groups is 2. The molecule has 0 spiro atoms. The minimum absolute atomic E-state index is 0.00798. The number of hydrogen-bond donors (Lipinski definition) is 1. The fourth-order valence-electron chi connectivity index (χ4n) is 2.58. The zero-order valence-electron chi connectivity index (χ0n) is 13.3. The predicted octanol–water partition coefficient (Wildman–Crippen LogP) is 2.10. The summed E-state index contributed by atoms with van der Waals surface area (Å²) in [6, 6.07) is 7.95. The maximum atomic E-state index is 11.7. The Morgan fingerprint density at radius 3 is 2.41 bits per heavy atom. The van der Waals surface area contributed by atoms with Gasteiger partial charge in [-0.3, -0.25) is 9.59 Å². The molecule has 1 aromatic rings. The van der Waals surface area contributed by atoms with Crippen LogP contribution in [-0.2, 0) is 20.9 Å². The molecule has 0 aromatic heterocycles. The summed E-state index contributed by atoms with van der Waals surface area (Å²) in [6.07, 6.45) is 3.93. The van der Waals surface area contributed by atoms with Crippen molar-refractivity contribution in [2.75, 3.05) is 25.6 Å². The smallest absolute Gasteiger partial charge is 0.309 e. The highest BCUT2D eigenvalue weighted by atomic mass is 16.5. The van der Waals surface area contributed by atoms with E-state index in [9.17, 15) is 9.59 Å². The number of ether oxygens (including phenoxy) is 1. The third-order valence-corrected chi connectivity index (χ3v) is 3.98. The van der Waals surface area contributed by atoms with Crippen LogP contribution in [0.4, 0.5) is 5.69 Å². The Kier molecular flexibility index (Phi) is 5.81. The molecule has 1 aliphatic rings. The molecule has 1 fully saturated rings. The lowest BCUT2D eigenvalue weighted by atomic mass is 10.1. The fraction of sp³-hybridized carbons (Fsp3) is 0.529. The van der Waals surface area contributed by atoms with E-state index in [1.165, 1.54) is 0 Å². The van der Waals surface area contributed by atoms with Gasteiger partial charge in [-0.15, -0.1) is 0 Å². The summed E-state index contributed by atoms with van der Waals surface area (Å²) >= 11 is 0. The number of anilines is 1. The highest BCUT2D eigenvalue weighted by Crippen LogP contribution is 2.25. The Balaban J connectivity index is 1.69. The Morgan fingerprint density at radius 1 is 1.18 bits per heavy atom. The van der Waals surface area contributed by atoms with Crippen molar-refractivity contribution in [1.82, 2.24) is 5.32 Å². The summed E-state index contributed by atoms with van der Waals surface area (Å²) in [7, 11) is 3.96. The molecule has 0 unspecified atom stereocenters. The quantitative estimate of drug-likeness (QED) is 0.818. The van der Waals surface area contributed by atoms with E-state index in [2.05, 4.69) is 5.32 Å². The van der Waals surface area contributed by atoms with E-state index < -0.39 is 0 Å². The first-order valence-corrected chi connectivity index (χ1v) is 7.76. The third-order valence-electron chi connectivity index (χ3n) is 3.98. The largest absolute Gasteiger partial charge is 0.455 e. The summed E-state index contributed by atoms with van der Waals surface area (Å²) in [5.41, 5.74) is 2.13. The molecule has 0 bridgehead atoms. The highest BCUT2D eigenvalue weighted by molar-refractivity contribution is 5.81. The molecule has 120 valence electrons. The molecule has 0 atom stereocenters. The normalized spacial score (nSPS) is 14.6. The molecule has 1 amide bonds.